The van der Waals surface area contributed by atoms with Crippen LogP contribution in [0, 0.1) is 5.92 Å². The van der Waals surface area contributed by atoms with Gasteiger partial charge in [-0.15, -0.1) is 6.58 Å². The fourth-order valence-electron chi connectivity index (χ4n) is 1.57. The number of carbonyl (C=O) groups is 2. The van der Waals surface area contributed by atoms with Crippen LogP contribution in [0.1, 0.15) is 34.1 Å². The number of carboxylic acids is 1. The van der Waals surface area contributed by atoms with Crippen molar-refractivity contribution in [1.82, 2.24) is 10.2 Å². The van der Waals surface area contributed by atoms with Gasteiger partial charge in [0.2, 0.25) is 0 Å². The third-order valence-electron chi connectivity index (χ3n) is 2.97. The van der Waals surface area contributed by atoms with Crippen LogP contribution in [0.5, 0.6) is 0 Å². The molecular weight excluding hydrogens is 232 g/mol. The summed E-state index contributed by atoms with van der Waals surface area (Å²) in [5, 5.41) is 11.7. The zero-order chi connectivity index (χ0) is 14.3. The zero-order valence-electron chi connectivity index (χ0n) is 11.6. The molecule has 2 atom stereocenters. The van der Waals surface area contributed by atoms with Gasteiger partial charge in [-0.2, -0.15) is 0 Å². The third-order valence-corrected chi connectivity index (χ3v) is 2.97. The Kier molecular flexibility index (Phi) is 7.08. The van der Waals surface area contributed by atoms with Crippen LogP contribution in [0.3, 0.4) is 0 Å². The van der Waals surface area contributed by atoms with Crippen molar-refractivity contribution in [1.29, 1.82) is 0 Å². The zero-order valence-corrected chi connectivity index (χ0v) is 11.6. The molecule has 0 aliphatic heterocycles. The van der Waals surface area contributed by atoms with Crippen LogP contribution < -0.4 is 5.32 Å². The second-order valence-corrected chi connectivity index (χ2v) is 4.69. The second-order valence-electron chi connectivity index (χ2n) is 4.69. The summed E-state index contributed by atoms with van der Waals surface area (Å²) >= 11 is 0. The number of nitrogens with one attached hydrogen (secondary N) is 1. The summed E-state index contributed by atoms with van der Waals surface area (Å²) in [6, 6.07) is -1.22. The SMILES string of the molecule is C=CCN(C(=O)N[C@H](C(=O)O)[C@@H](C)CC)C(C)C. The first-order chi connectivity index (χ1) is 8.34. The van der Waals surface area contributed by atoms with Crippen molar-refractivity contribution in [3.05, 3.63) is 12.7 Å². The van der Waals surface area contributed by atoms with Crippen molar-refractivity contribution in [3.8, 4) is 0 Å². The molecule has 0 unspecified atom stereocenters. The first-order valence-electron chi connectivity index (χ1n) is 6.25. The molecule has 5 heteroatoms. The quantitative estimate of drug-likeness (QED) is 0.685. The Bertz CT molecular complexity index is 303. The molecule has 0 aliphatic carbocycles. The first-order valence-corrected chi connectivity index (χ1v) is 6.25. The highest BCUT2D eigenvalue weighted by Gasteiger charge is 2.27. The van der Waals surface area contributed by atoms with Gasteiger partial charge in [-0.3, -0.25) is 0 Å². The van der Waals surface area contributed by atoms with Crippen LogP contribution in [-0.2, 0) is 4.79 Å². The Balaban J connectivity index is 4.76. The van der Waals surface area contributed by atoms with E-state index in [-0.39, 0.29) is 18.0 Å². The minimum absolute atomic E-state index is 0.00521. The number of hydrogen-bond acceptors (Lipinski definition) is 2. The van der Waals surface area contributed by atoms with Gasteiger partial charge >= 0.3 is 12.0 Å². The van der Waals surface area contributed by atoms with Crippen molar-refractivity contribution >= 4 is 12.0 Å². The van der Waals surface area contributed by atoms with Crippen molar-refractivity contribution < 1.29 is 14.7 Å². The summed E-state index contributed by atoms with van der Waals surface area (Å²) in [6.45, 7) is 11.5. The van der Waals surface area contributed by atoms with E-state index in [2.05, 4.69) is 11.9 Å². The molecule has 0 spiro atoms. The van der Waals surface area contributed by atoms with Crippen LogP contribution in [0.15, 0.2) is 12.7 Å². The molecule has 0 saturated heterocycles. The van der Waals surface area contributed by atoms with Gasteiger partial charge < -0.3 is 15.3 Å². The van der Waals surface area contributed by atoms with Gasteiger partial charge in [-0.25, -0.2) is 9.59 Å². The first kappa shape index (κ1) is 16.5. The van der Waals surface area contributed by atoms with Gasteiger partial charge in [0.15, 0.2) is 0 Å². The molecule has 2 N–H and O–H groups in total. The molecule has 0 bridgehead atoms. The van der Waals surface area contributed by atoms with E-state index in [1.165, 1.54) is 0 Å². The number of nitrogens with zero attached hydrogens (tertiary/aromatic N) is 1. The van der Waals surface area contributed by atoms with Crippen molar-refractivity contribution in [2.75, 3.05) is 6.54 Å². The Hall–Kier alpha value is -1.52. The predicted molar refractivity (Wildman–Crippen MR) is 71.4 cm³/mol. The van der Waals surface area contributed by atoms with E-state index in [0.29, 0.717) is 13.0 Å². The van der Waals surface area contributed by atoms with Crippen molar-refractivity contribution in [3.63, 3.8) is 0 Å². The summed E-state index contributed by atoms with van der Waals surface area (Å²) in [5.74, 6) is -1.11. The molecule has 0 heterocycles. The maximum Gasteiger partial charge on any atom is 0.326 e. The third kappa shape index (κ3) is 4.77. The maximum atomic E-state index is 12.0. The van der Waals surface area contributed by atoms with Gasteiger partial charge in [0.1, 0.15) is 6.04 Å². The average Bonchev–Trinajstić information content (AvgIpc) is 2.30. The summed E-state index contributed by atoms with van der Waals surface area (Å²) < 4.78 is 0. The highest BCUT2D eigenvalue weighted by molar-refractivity contribution is 5.83. The van der Waals surface area contributed by atoms with E-state index < -0.39 is 12.0 Å². The number of carboxylic acid groups (broad SMARTS) is 1. The fraction of sp³-hybridized carbons (Fsp3) is 0.692. The van der Waals surface area contributed by atoms with Crippen molar-refractivity contribution in [2.24, 2.45) is 5.92 Å². The standard InChI is InChI=1S/C13H24N2O3/c1-6-8-15(9(3)4)13(18)14-11(12(16)17)10(5)7-2/h6,9-11H,1,7-8H2,2-5H3,(H,14,18)(H,16,17)/t10-,11-/m0/s1. The molecule has 0 rings (SSSR count). The highest BCUT2D eigenvalue weighted by Crippen LogP contribution is 2.09. The molecule has 0 aromatic heterocycles. The van der Waals surface area contributed by atoms with E-state index in [9.17, 15) is 9.59 Å². The van der Waals surface area contributed by atoms with Crippen LogP contribution >= 0.6 is 0 Å². The number of hydrogen-bond donors (Lipinski definition) is 2. The second kappa shape index (κ2) is 7.74. The molecule has 5 nitrogen and oxygen atoms in total. The molecular formula is C13H24N2O3. The Morgan fingerprint density at radius 1 is 1.39 bits per heavy atom. The monoisotopic (exact) mass is 256 g/mol. The molecule has 2 amide bonds. The lowest BCUT2D eigenvalue weighted by Crippen LogP contribution is -2.52. The highest BCUT2D eigenvalue weighted by atomic mass is 16.4. The number of carbonyl (C=O) groups excluding carboxylic acids is 1. The number of rotatable bonds is 7. The summed E-state index contributed by atoms with van der Waals surface area (Å²) in [4.78, 5) is 24.7. The number of aliphatic carboxylic acids is 1. The Labute approximate surface area is 109 Å². The van der Waals surface area contributed by atoms with E-state index in [0.717, 1.165) is 0 Å². The topological polar surface area (TPSA) is 69.6 Å². The lowest BCUT2D eigenvalue weighted by atomic mass is 9.99. The minimum Gasteiger partial charge on any atom is -0.480 e. The van der Waals surface area contributed by atoms with Crippen LogP contribution in [0.25, 0.3) is 0 Å². The lowest BCUT2D eigenvalue weighted by molar-refractivity contribution is -0.140. The lowest BCUT2D eigenvalue weighted by Gasteiger charge is -2.29. The molecule has 18 heavy (non-hydrogen) atoms. The van der Waals surface area contributed by atoms with Gasteiger partial charge in [0, 0.05) is 12.6 Å². The van der Waals surface area contributed by atoms with E-state index >= 15 is 0 Å². The summed E-state index contributed by atoms with van der Waals surface area (Å²) in [5.41, 5.74) is 0. The fourth-order valence-corrected chi connectivity index (χ4v) is 1.57. The van der Waals surface area contributed by atoms with E-state index in [1.807, 2.05) is 27.7 Å². The number of urea groups is 1. The van der Waals surface area contributed by atoms with Crippen LogP contribution in [-0.4, -0.2) is 40.6 Å². The Morgan fingerprint density at radius 2 is 1.94 bits per heavy atom. The van der Waals surface area contributed by atoms with Gasteiger partial charge in [0.25, 0.3) is 0 Å². The summed E-state index contributed by atoms with van der Waals surface area (Å²) in [6.07, 6.45) is 2.32. The number of amides is 2. The van der Waals surface area contributed by atoms with Crippen LogP contribution in [0.2, 0.25) is 0 Å². The molecule has 0 radical (unpaired) electrons. The van der Waals surface area contributed by atoms with Gasteiger partial charge in [-0.05, 0) is 19.8 Å². The largest absolute Gasteiger partial charge is 0.480 e. The predicted octanol–water partition coefficient (Wildman–Crippen LogP) is 2.09. The van der Waals surface area contributed by atoms with E-state index in [1.54, 1.807) is 11.0 Å². The summed E-state index contributed by atoms with van der Waals surface area (Å²) in [7, 11) is 0. The van der Waals surface area contributed by atoms with E-state index in [4.69, 9.17) is 5.11 Å². The molecule has 0 aromatic carbocycles. The van der Waals surface area contributed by atoms with Crippen LogP contribution in [0.4, 0.5) is 4.79 Å². The van der Waals surface area contributed by atoms with Crippen molar-refractivity contribution in [2.45, 2.75) is 46.2 Å². The molecule has 0 fully saturated rings. The average molecular weight is 256 g/mol. The molecule has 0 aliphatic rings. The molecule has 104 valence electrons. The van der Waals surface area contributed by atoms with Gasteiger partial charge in [-0.1, -0.05) is 26.3 Å². The Morgan fingerprint density at radius 3 is 2.28 bits per heavy atom. The smallest absolute Gasteiger partial charge is 0.326 e. The van der Waals surface area contributed by atoms with Gasteiger partial charge in [0.05, 0.1) is 0 Å². The normalized spacial score (nSPS) is 13.8. The maximum absolute atomic E-state index is 12.0. The minimum atomic E-state index is -1.000. The molecule has 0 saturated carbocycles. The molecule has 0 aromatic rings.